The normalized spacial score (nSPS) is 13.2. The lowest BCUT2D eigenvalue weighted by Gasteiger charge is -2.17. The summed E-state index contributed by atoms with van der Waals surface area (Å²) >= 11 is 0. The van der Waals surface area contributed by atoms with Gasteiger partial charge in [-0.3, -0.25) is 4.68 Å². The summed E-state index contributed by atoms with van der Waals surface area (Å²) in [5.74, 6) is 0.756. The molecule has 1 unspecified atom stereocenters. The molecular formula is C13H26N4. The van der Waals surface area contributed by atoms with Crippen LogP contribution >= 0.6 is 0 Å². The maximum Gasteiger partial charge on any atom is 0.0534 e. The van der Waals surface area contributed by atoms with Crippen LogP contribution in [0.4, 0.5) is 0 Å². The molecule has 1 heterocycles. The highest BCUT2D eigenvalue weighted by Crippen LogP contribution is 2.10. The number of hydrogen-bond donors (Lipinski definition) is 1. The van der Waals surface area contributed by atoms with Crippen LogP contribution in [0.5, 0.6) is 0 Å². The van der Waals surface area contributed by atoms with Gasteiger partial charge in [0.25, 0.3) is 0 Å². The Bertz CT molecular complexity index is 308. The lowest BCUT2D eigenvalue weighted by molar-refractivity contribution is 0.306. The van der Waals surface area contributed by atoms with Crippen molar-refractivity contribution in [3.8, 4) is 0 Å². The fourth-order valence-corrected chi connectivity index (χ4v) is 2.08. The second kappa shape index (κ2) is 7.45. The van der Waals surface area contributed by atoms with E-state index in [9.17, 15) is 0 Å². The Balaban J connectivity index is 2.15. The van der Waals surface area contributed by atoms with Crippen molar-refractivity contribution in [3.05, 3.63) is 18.0 Å². The van der Waals surface area contributed by atoms with Crippen LogP contribution in [0, 0.1) is 5.92 Å². The lowest BCUT2D eigenvalue weighted by atomic mass is 10.0. The van der Waals surface area contributed by atoms with E-state index < -0.39 is 0 Å². The monoisotopic (exact) mass is 238 g/mol. The average Bonchev–Trinajstić information content (AvgIpc) is 2.64. The van der Waals surface area contributed by atoms with Crippen LogP contribution in [0.3, 0.4) is 0 Å². The summed E-state index contributed by atoms with van der Waals surface area (Å²) in [4.78, 5) is 2.35. The van der Waals surface area contributed by atoms with Gasteiger partial charge in [-0.15, -0.1) is 0 Å². The summed E-state index contributed by atoms with van der Waals surface area (Å²) in [5, 5.41) is 4.18. The molecule has 0 aliphatic heterocycles. The third-order valence-electron chi connectivity index (χ3n) is 3.11. The number of aromatic nitrogens is 2. The van der Waals surface area contributed by atoms with E-state index >= 15 is 0 Å². The maximum atomic E-state index is 5.55. The molecule has 98 valence electrons. The molecule has 2 N–H and O–H groups in total. The predicted octanol–water partition coefficient (Wildman–Crippen LogP) is 1.62. The van der Waals surface area contributed by atoms with Crippen LogP contribution < -0.4 is 5.73 Å². The SMILES string of the molecule is CC(CCN)CCCN(C)Cc1cnn(C)c1. The van der Waals surface area contributed by atoms with Crippen LogP contribution in [-0.4, -0.2) is 34.8 Å². The zero-order chi connectivity index (χ0) is 12.7. The summed E-state index contributed by atoms with van der Waals surface area (Å²) in [6.45, 7) is 5.23. The molecule has 0 spiro atoms. The van der Waals surface area contributed by atoms with Crippen molar-refractivity contribution in [2.75, 3.05) is 20.1 Å². The Hall–Kier alpha value is -0.870. The molecule has 0 saturated heterocycles. The van der Waals surface area contributed by atoms with E-state index in [1.54, 1.807) is 0 Å². The molecule has 0 aromatic carbocycles. The Kier molecular flexibility index (Phi) is 6.22. The highest BCUT2D eigenvalue weighted by molar-refractivity contribution is 5.02. The molecule has 0 bridgehead atoms. The standard InChI is InChI=1S/C13H26N4/c1-12(6-7-14)5-4-8-16(2)10-13-9-15-17(3)11-13/h9,11-12H,4-8,10,14H2,1-3H3. The van der Waals surface area contributed by atoms with Crippen LogP contribution in [-0.2, 0) is 13.6 Å². The van der Waals surface area contributed by atoms with E-state index in [1.165, 1.54) is 18.4 Å². The summed E-state index contributed by atoms with van der Waals surface area (Å²) in [7, 11) is 4.12. The molecule has 0 fully saturated rings. The van der Waals surface area contributed by atoms with E-state index in [0.717, 1.165) is 32.0 Å². The third kappa shape index (κ3) is 5.84. The fourth-order valence-electron chi connectivity index (χ4n) is 2.08. The first-order valence-corrected chi connectivity index (χ1v) is 6.48. The third-order valence-corrected chi connectivity index (χ3v) is 3.11. The summed E-state index contributed by atoms with van der Waals surface area (Å²) in [6.07, 6.45) is 7.68. The molecule has 4 heteroatoms. The van der Waals surface area contributed by atoms with Crippen molar-refractivity contribution >= 4 is 0 Å². The van der Waals surface area contributed by atoms with Crippen molar-refractivity contribution in [1.82, 2.24) is 14.7 Å². The Morgan fingerprint density at radius 1 is 1.47 bits per heavy atom. The smallest absolute Gasteiger partial charge is 0.0534 e. The lowest BCUT2D eigenvalue weighted by Crippen LogP contribution is -2.19. The van der Waals surface area contributed by atoms with Gasteiger partial charge in [0, 0.05) is 25.4 Å². The zero-order valence-electron chi connectivity index (χ0n) is 11.4. The quantitative estimate of drug-likeness (QED) is 0.748. The second-order valence-corrected chi connectivity index (χ2v) is 5.08. The molecule has 1 atom stereocenters. The molecule has 0 aliphatic rings. The molecule has 0 aliphatic carbocycles. The molecule has 0 saturated carbocycles. The van der Waals surface area contributed by atoms with Gasteiger partial charge in [-0.1, -0.05) is 6.92 Å². The van der Waals surface area contributed by atoms with Gasteiger partial charge in [-0.25, -0.2) is 0 Å². The molecular weight excluding hydrogens is 212 g/mol. The number of aryl methyl sites for hydroxylation is 1. The summed E-state index contributed by atoms with van der Waals surface area (Å²) in [6, 6.07) is 0. The van der Waals surface area contributed by atoms with Crippen molar-refractivity contribution in [3.63, 3.8) is 0 Å². The van der Waals surface area contributed by atoms with Crippen LogP contribution in [0.15, 0.2) is 12.4 Å². The van der Waals surface area contributed by atoms with Crippen molar-refractivity contribution < 1.29 is 0 Å². The Labute approximate surface area is 105 Å². The minimum absolute atomic E-state index is 0.756. The predicted molar refractivity (Wildman–Crippen MR) is 71.6 cm³/mol. The van der Waals surface area contributed by atoms with Crippen LogP contribution in [0.25, 0.3) is 0 Å². The number of rotatable bonds is 8. The van der Waals surface area contributed by atoms with Gasteiger partial charge in [-0.2, -0.15) is 5.10 Å². The molecule has 17 heavy (non-hydrogen) atoms. The molecule has 1 aromatic heterocycles. The van der Waals surface area contributed by atoms with Crippen molar-refractivity contribution in [2.45, 2.75) is 32.7 Å². The molecule has 1 aromatic rings. The summed E-state index contributed by atoms with van der Waals surface area (Å²) < 4.78 is 1.85. The minimum Gasteiger partial charge on any atom is -0.330 e. The van der Waals surface area contributed by atoms with Crippen LogP contribution in [0.1, 0.15) is 31.7 Å². The Morgan fingerprint density at radius 3 is 2.82 bits per heavy atom. The van der Waals surface area contributed by atoms with Crippen molar-refractivity contribution in [2.24, 2.45) is 18.7 Å². The summed E-state index contributed by atoms with van der Waals surface area (Å²) in [5.41, 5.74) is 6.83. The van der Waals surface area contributed by atoms with Gasteiger partial charge >= 0.3 is 0 Å². The van der Waals surface area contributed by atoms with E-state index in [2.05, 4.69) is 30.2 Å². The van der Waals surface area contributed by atoms with E-state index in [-0.39, 0.29) is 0 Å². The molecule has 0 radical (unpaired) electrons. The number of nitrogens with two attached hydrogens (primary N) is 1. The van der Waals surface area contributed by atoms with E-state index in [0.29, 0.717) is 0 Å². The van der Waals surface area contributed by atoms with Gasteiger partial charge < -0.3 is 10.6 Å². The highest BCUT2D eigenvalue weighted by atomic mass is 15.2. The van der Waals surface area contributed by atoms with E-state index in [1.807, 2.05) is 17.9 Å². The first kappa shape index (κ1) is 14.2. The van der Waals surface area contributed by atoms with Crippen LogP contribution in [0.2, 0.25) is 0 Å². The first-order valence-electron chi connectivity index (χ1n) is 6.48. The van der Waals surface area contributed by atoms with Gasteiger partial charge in [0.2, 0.25) is 0 Å². The Morgan fingerprint density at radius 2 is 2.24 bits per heavy atom. The number of hydrogen-bond acceptors (Lipinski definition) is 3. The van der Waals surface area contributed by atoms with Gasteiger partial charge in [0.1, 0.15) is 0 Å². The topological polar surface area (TPSA) is 47.1 Å². The molecule has 1 rings (SSSR count). The van der Waals surface area contributed by atoms with E-state index in [4.69, 9.17) is 5.73 Å². The average molecular weight is 238 g/mol. The molecule has 4 nitrogen and oxygen atoms in total. The largest absolute Gasteiger partial charge is 0.330 e. The maximum absolute atomic E-state index is 5.55. The molecule has 0 amide bonds. The van der Waals surface area contributed by atoms with Gasteiger partial charge in [0.05, 0.1) is 6.20 Å². The van der Waals surface area contributed by atoms with Gasteiger partial charge in [0.15, 0.2) is 0 Å². The first-order chi connectivity index (χ1) is 8.11. The van der Waals surface area contributed by atoms with Crippen molar-refractivity contribution in [1.29, 1.82) is 0 Å². The highest BCUT2D eigenvalue weighted by Gasteiger charge is 2.04. The number of nitrogens with zero attached hydrogens (tertiary/aromatic N) is 3. The van der Waals surface area contributed by atoms with Gasteiger partial charge in [-0.05, 0) is 45.3 Å². The zero-order valence-corrected chi connectivity index (χ0v) is 11.4. The minimum atomic E-state index is 0.756. The second-order valence-electron chi connectivity index (χ2n) is 5.08. The fraction of sp³-hybridized carbons (Fsp3) is 0.769.